The number of Topliss-reactive ketones (excluding diaryl/α,β-unsaturated/α-hetero) is 1. The van der Waals surface area contributed by atoms with Crippen molar-refractivity contribution >= 4 is 11.8 Å². The molecule has 1 atom stereocenters. The number of aliphatic hydroxyl groups is 1. The monoisotopic (exact) mass is 188 g/mol. The Morgan fingerprint density at radius 1 is 1.62 bits per heavy atom. The summed E-state index contributed by atoms with van der Waals surface area (Å²) in [5.74, 6) is -0.0742. The van der Waals surface area contributed by atoms with Crippen LogP contribution in [0.5, 0.6) is 0 Å². The van der Waals surface area contributed by atoms with Crippen molar-refractivity contribution < 1.29 is 19.4 Å². The van der Waals surface area contributed by atoms with Crippen molar-refractivity contribution in [2.45, 2.75) is 26.2 Å². The molecule has 4 heteroatoms. The van der Waals surface area contributed by atoms with Crippen LogP contribution in [0.3, 0.4) is 0 Å². The third-order valence-corrected chi connectivity index (χ3v) is 1.92. The van der Waals surface area contributed by atoms with Crippen LogP contribution in [-0.2, 0) is 14.3 Å². The zero-order valence-electron chi connectivity index (χ0n) is 8.08. The first-order chi connectivity index (χ1) is 6.20. The molecule has 0 aromatic rings. The first-order valence-electron chi connectivity index (χ1n) is 4.31. The van der Waals surface area contributed by atoms with Crippen LogP contribution >= 0.6 is 0 Å². The van der Waals surface area contributed by atoms with Crippen molar-refractivity contribution in [3.8, 4) is 0 Å². The Hall–Kier alpha value is -0.900. The number of ether oxygens (including phenoxy) is 1. The van der Waals surface area contributed by atoms with Crippen molar-refractivity contribution in [3.05, 3.63) is 0 Å². The average Bonchev–Trinajstić information content (AvgIpc) is 2.51. The number of carbonyl (C=O) groups excluding carboxylic acids is 2. The van der Waals surface area contributed by atoms with E-state index in [2.05, 4.69) is 0 Å². The fourth-order valence-corrected chi connectivity index (χ4v) is 1.28. The molecular formula is C9H16O4. The minimum atomic E-state index is -0.301. The fourth-order valence-electron chi connectivity index (χ4n) is 1.28. The van der Waals surface area contributed by atoms with Gasteiger partial charge in [-0.15, -0.1) is 0 Å². The first kappa shape index (κ1) is 12.1. The molecular weight excluding hydrogens is 172 g/mol. The van der Waals surface area contributed by atoms with Crippen LogP contribution in [0.25, 0.3) is 0 Å². The summed E-state index contributed by atoms with van der Waals surface area (Å²) in [5, 5.41) is 7.00. The van der Waals surface area contributed by atoms with E-state index >= 15 is 0 Å². The fraction of sp³-hybridized carbons (Fsp3) is 0.778. The van der Waals surface area contributed by atoms with Crippen LogP contribution in [0.4, 0.5) is 0 Å². The Balaban J connectivity index is 0.000000671. The van der Waals surface area contributed by atoms with Gasteiger partial charge in [-0.25, -0.2) is 0 Å². The van der Waals surface area contributed by atoms with Crippen molar-refractivity contribution in [3.63, 3.8) is 0 Å². The van der Waals surface area contributed by atoms with Gasteiger partial charge >= 0.3 is 5.97 Å². The maximum atomic E-state index is 11.0. The lowest BCUT2D eigenvalue weighted by Gasteiger charge is -2.06. The van der Waals surface area contributed by atoms with Gasteiger partial charge in [0.15, 0.2) is 0 Å². The van der Waals surface area contributed by atoms with Gasteiger partial charge in [0.05, 0.1) is 5.92 Å². The lowest BCUT2D eigenvalue weighted by atomic mass is 10.1. The summed E-state index contributed by atoms with van der Waals surface area (Å²) in [6.07, 6.45) is 2.49. The maximum absolute atomic E-state index is 11.0. The summed E-state index contributed by atoms with van der Waals surface area (Å²) in [5.41, 5.74) is 0. The Bertz CT molecular complexity index is 176. The van der Waals surface area contributed by atoms with Crippen molar-refractivity contribution in [1.82, 2.24) is 0 Å². The number of ketones is 1. The number of rotatable bonds is 2. The highest BCUT2D eigenvalue weighted by Crippen LogP contribution is 2.21. The molecule has 0 bridgehead atoms. The second-order valence-corrected chi connectivity index (χ2v) is 2.86. The van der Waals surface area contributed by atoms with E-state index < -0.39 is 0 Å². The molecule has 0 heterocycles. The second-order valence-electron chi connectivity index (χ2n) is 2.86. The van der Waals surface area contributed by atoms with E-state index in [4.69, 9.17) is 9.84 Å². The van der Waals surface area contributed by atoms with Gasteiger partial charge in [-0.3, -0.25) is 9.59 Å². The van der Waals surface area contributed by atoms with Gasteiger partial charge in [0.25, 0.3) is 0 Å². The SMILES string of the molecule is CC(=O)OCC1CCCC1=O.CO. The van der Waals surface area contributed by atoms with E-state index in [1.54, 1.807) is 0 Å². The Kier molecular flexibility index (Phi) is 6.14. The Morgan fingerprint density at radius 2 is 2.23 bits per heavy atom. The Labute approximate surface area is 77.9 Å². The standard InChI is InChI=1S/C8H12O3.CH4O/c1-6(9)11-5-7-3-2-4-8(7)10;1-2/h7H,2-5H2,1H3;2H,1H3. The van der Waals surface area contributed by atoms with Crippen molar-refractivity contribution in [2.75, 3.05) is 13.7 Å². The molecule has 4 nitrogen and oxygen atoms in total. The lowest BCUT2D eigenvalue weighted by molar-refractivity contribution is -0.143. The van der Waals surface area contributed by atoms with Gasteiger partial charge in [-0.1, -0.05) is 0 Å². The van der Waals surface area contributed by atoms with Gasteiger partial charge in [-0.2, -0.15) is 0 Å². The molecule has 0 aromatic carbocycles. The van der Waals surface area contributed by atoms with Gasteiger partial charge in [0.2, 0.25) is 0 Å². The predicted octanol–water partition coefficient (Wildman–Crippen LogP) is 0.527. The van der Waals surface area contributed by atoms with Gasteiger partial charge in [0, 0.05) is 20.5 Å². The molecule has 13 heavy (non-hydrogen) atoms. The minimum Gasteiger partial charge on any atom is -0.465 e. The summed E-state index contributed by atoms with van der Waals surface area (Å²) in [7, 11) is 1.00. The molecule has 76 valence electrons. The lowest BCUT2D eigenvalue weighted by Crippen LogP contribution is -2.15. The third kappa shape index (κ3) is 4.62. The molecule has 0 spiro atoms. The van der Waals surface area contributed by atoms with E-state index in [-0.39, 0.29) is 24.3 Å². The molecule has 0 amide bonds. The third-order valence-electron chi connectivity index (χ3n) is 1.92. The number of aliphatic hydroxyl groups excluding tert-OH is 1. The van der Waals surface area contributed by atoms with Crippen molar-refractivity contribution in [1.29, 1.82) is 0 Å². The van der Waals surface area contributed by atoms with Crippen LogP contribution < -0.4 is 0 Å². The van der Waals surface area contributed by atoms with Crippen LogP contribution in [0.2, 0.25) is 0 Å². The summed E-state index contributed by atoms with van der Waals surface area (Å²) in [6, 6.07) is 0. The molecule has 1 saturated carbocycles. The van der Waals surface area contributed by atoms with Crippen LogP contribution in [0.1, 0.15) is 26.2 Å². The smallest absolute Gasteiger partial charge is 0.302 e. The van der Waals surface area contributed by atoms with Crippen molar-refractivity contribution in [2.24, 2.45) is 5.92 Å². The summed E-state index contributed by atoms with van der Waals surface area (Å²) in [6.45, 7) is 1.65. The quantitative estimate of drug-likeness (QED) is 0.642. The van der Waals surface area contributed by atoms with E-state index in [0.29, 0.717) is 6.42 Å². The van der Waals surface area contributed by atoms with Crippen LogP contribution in [-0.4, -0.2) is 30.6 Å². The molecule has 0 aromatic heterocycles. The van der Waals surface area contributed by atoms with Crippen LogP contribution in [0.15, 0.2) is 0 Å². The molecule has 1 fully saturated rings. The number of carbonyl (C=O) groups is 2. The molecule has 1 N–H and O–H groups in total. The summed E-state index contributed by atoms with van der Waals surface area (Å²) >= 11 is 0. The zero-order chi connectivity index (χ0) is 10.3. The molecule has 1 unspecified atom stereocenters. The highest BCUT2D eigenvalue weighted by Gasteiger charge is 2.24. The minimum absolute atomic E-state index is 0.0149. The summed E-state index contributed by atoms with van der Waals surface area (Å²) < 4.78 is 4.74. The highest BCUT2D eigenvalue weighted by atomic mass is 16.5. The van der Waals surface area contributed by atoms with Crippen LogP contribution in [0, 0.1) is 5.92 Å². The molecule has 1 aliphatic carbocycles. The molecule has 1 aliphatic rings. The highest BCUT2D eigenvalue weighted by molar-refractivity contribution is 5.83. The molecule has 0 aliphatic heterocycles. The van der Waals surface area contributed by atoms with Gasteiger partial charge < -0.3 is 9.84 Å². The number of hydrogen-bond acceptors (Lipinski definition) is 4. The zero-order valence-corrected chi connectivity index (χ0v) is 8.08. The predicted molar refractivity (Wildman–Crippen MR) is 47.1 cm³/mol. The summed E-state index contributed by atoms with van der Waals surface area (Å²) in [4.78, 5) is 21.4. The first-order valence-corrected chi connectivity index (χ1v) is 4.31. The van der Waals surface area contributed by atoms with E-state index in [0.717, 1.165) is 20.0 Å². The van der Waals surface area contributed by atoms with E-state index in [9.17, 15) is 9.59 Å². The van der Waals surface area contributed by atoms with E-state index in [1.165, 1.54) is 6.92 Å². The number of hydrogen-bond donors (Lipinski definition) is 1. The second kappa shape index (κ2) is 6.60. The normalized spacial score (nSPS) is 20.5. The van der Waals surface area contributed by atoms with Gasteiger partial charge in [-0.05, 0) is 12.8 Å². The molecule has 0 saturated heterocycles. The van der Waals surface area contributed by atoms with Gasteiger partial charge in [0.1, 0.15) is 12.4 Å². The van der Waals surface area contributed by atoms with E-state index in [1.807, 2.05) is 0 Å². The average molecular weight is 188 g/mol. The molecule has 0 radical (unpaired) electrons. The number of esters is 1. The Morgan fingerprint density at radius 3 is 2.62 bits per heavy atom. The molecule has 1 rings (SSSR count). The maximum Gasteiger partial charge on any atom is 0.302 e. The topological polar surface area (TPSA) is 63.6 Å². The largest absolute Gasteiger partial charge is 0.465 e.